The zero-order chi connectivity index (χ0) is 15.6. The fraction of sp³-hybridized carbons (Fsp3) is 0.357. The van der Waals surface area contributed by atoms with Gasteiger partial charge in [-0.2, -0.15) is 18.3 Å². The molecular weight excluding hydrogens is 286 g/mol. The van der Waals surface area contributed by atoms with E-state index >= 15 is 0 Å². The van der Waals surface area contributed by atoms with Gasteiger partial charge in [-0.15, -0.1) is 0 Å². The lowest BCUT2D eigenvalue weighted by Gasteiger charge is -2.18. The van der Waals surface area contributed by atoms with Gasteiger partial charge in [-0.05, 0) is 30.8 Å². The summed E-state index contributed by atoms with van der Waals surface area (Å²) in [5, 5.41) is 7.11. The SMILES string of the molecule is CCNC(c1ccn(C)n1)c1cc(C(F)(F)F)ccc1F. The van der Waals surface area contributed by atoms with Crippen molar-refractivity contribution in [3.8, 4) is 0 Å². The fourth-order valence-corrected chi connectivity index (χ4v) is 2.11. The van der Waals surface area contributed by atoms with Crippen molar-refractivity contribution in [2.45, 2.75) is 19.1 Å². The molecule has 3 nitrogen and oxygen atoms in total. The lowest BCUT2D eigenvalue weighted by Crippen LogP contribution is -2.24. The van der Waals surface area contributed by atoms with E-state index in [4.69, 9.17) is 0 Å². The van der Waals surface area contributed by atoms with Crippen LogP contribution in [0.5, 0.6) is 0 Å². The molecule has 0 radical (unpaired) electrons. The van der Waals surface area contributed by atoms with Gasteiger partial charge in [0.05, 0.1) is 17.3 Å². The van der Waals surface area contributed by atoms with Crippen LogP contribution < -0.4 is 5.32 Å². The van der Waals surface area contributed by atoms with Gasteiger partial charge in [-0.1, -0.05) is 6.92 Å². The molecular formula is C14H15F4N3. The average molecular weight is 301 g/mol. The smallest absolute Gasteiger partial charge is 0.305 e. The third-order valence-corrected chi connectivity index (χ3v) is 3.07. The first-order valence-electron chi connectivity index (χ1n) is 6.42. The van der Waals surface area contributed by atoms with E-state index in [0.29, 0.717) is 12.2 Å². The van der Waals surface area contributed by atoms with Crippen molar-refractivity contribution in [1.82, 2.24) is 15.1 Å². The first-order valence-corrected chi connectivity index (χ1v) is 6.42. The van der Waals surface area contributed by atoms with E-state index < -0.39 is 23.6 Å². The average Bonchev–Trinajstić information content (AvgIpc) is 2.82. The van der Waals surface area contributed by atoms with E-state index in [-0.39, 0.29) is 5.56 Å². The molecule has 1 unspecified atom stereocenters. The van der Waals surface area contributed by atoms with Gasteiger partial charge in [0.2, 0.25) is 0 Å². The van der Waals surface area contributed by atoms with Crippen LogP contribution in [0.15, 0.2) is 30.5 Å². The lowest BCUT2D eigenvalue weighted by atomic mass is 10.0. The number of nitrogens with one attached hydrogen (secondary N) is 1. The molecule has 0 aliphatic carbocycles. The van der Waals surface area contributed by atoms with Crippen LogP contribution in [0, 0.1) is 5.82 Å². The molecule has 7 heteroatoms. The number of benzene rings is 1. The highest BCUT2D eigenvalue weighted by Crippen LogP contribution is 2.33. The van der Waals surface area contributed by atoms with Crippen molar-refractivity contribution < 1.29 is 17.6 Å². The second-order valence-corrected chi connectivity index (χ2v) is 4.64. The summed E-state index contributed by atoms with van der Waals surface area (Å²) < 4.78 is 53.9. The van der Waals surface area contributed by atoms with Crippen molar-refractivity contribution >= 4 is 0 Å². The summed E-state index contributed by atoms with van der Waals surface area (Å²) in [6.45, 7) is 2.26. The molecule has 1 heterocycles. The predicted octanol–water partition coefficient (Wildman–Crippen LogP) is 3.28. The normalized spacial score (nSPS) is 13.4. The van der Waals surface area contributed by atoms with Gasteiger partial charge in [0.15, 0.2) is 0 Å². The summed E-state index contributed by atoms with van der Waals surface area (Å²) in [4.78, 5) is 0. The number of alkyl halides is 3. The second kappa shape index (κ2) is 5.85. The molecule has 2 aromatic rings. The summed E-state index contributed by atoms with van der Waals surface area (Å²) in [7, 11) is 1.69. The van der Waals surface area contributed by atoms with Gasteiger partial charge >= 0.3 is 6.18 Å². The molecule has 1 aromatic carbocycles. The molecule has 0 saturated carbocycles. The van der Waals surface area contributed by atoms with Crippen LogP contribution in [-0.4, -0.2) is 16.3 Å². The van der Waals surface area contributed by atoms with Crippen molar-refractivity contribution in [1.29, 1.82) is 0 Å². The highest BCUT2D eigenvalue weighted by atomic mass is 19.4. The predicted molar refractivity (Wildman–Crippen MR) is 70.1 cm³/mol. The fourth-order valence-electron chi connectivity index (χ4n) is 2.11. The quantitative estimate of drug-likeness (QED) is 0.878. The number of halogens is 4. The van der Waals surface area contributed by atoms with Crippen molar-refractivity contribution in [2.75, 3.05) is 6.54 Å². The molecule has 0 fully saturated rings. The Morgan fingerprint density at radius 2 is 2.00 bits per heavy atom. The molecule has 0 bridgehead atoms. The maximum Gasteiger partial charge on any atom is 0.416 e. The highest BCUT2D eigenvalue weighted by Gasteiger charge is 2.32. The highest BCUT2D eigenvalue weighted by molar-refractivity contribution is 5.33. The number of aromatic nitrogens is 2. The lowest BCUT2D eigenvalue weighted by molar-refractivity contribution is -0.137. The second-order valence-electron chi connectivity index (χ2n) is 4.64. The Kier molecular flexibility index (Phi) is 4.32. The van der Waals surface area contributed by atoms with Crippen LogP contribution in [0.25, 0.3) is 0 Å². The zero-order valence-corrected chi connectivity index (χ0v) is 11.6. The van der Waals surface area contributed by atoms with Crippen molar-refractivity contribution in [3.63, 3.8) is 0 Å². The Labute approximate surface area is 119 Å². The van der Waals surface area contributed by atoms with E-state index in [9.17, 15) is 17.6 Å². The third-order valence-electron chi connectivity index (χ3n) is 3.07. The van der Waals surface area contributed by atoms with E-state index in [1.165, 1.54) is 4.68 Å². The van der Waals surface area contributed by atoms with Crippen LogP contribution in [0.3, 0.4) is 0 Å². The van der Waals surface area contributed by atoms with Crippen molar-refractivity contribution in [2.24, 2.45) is 7.05 Å². The largest absolute Gasteiger partial charge is 0.416 e. The molecule has 21 heavy (non-hydrogen) atoms. The summed E-state index contributed by atoms with van der Waals surface area (Å²) in [6, 6.07) is 3.33. The summed E-state index contributed by atoms with van der Waals surface area (Å²) in [6.07, 6.45) is -2.85. The molecule has 1 aromatic heterocycles. The van der Waals surface area contributed by atoms with E-state index in [1.807, 2.05) is 0 Å². The number of rotatable bonds is 4. The Bertz CT molecular complexity index is 619. The van der Waals surface area contributed by atoms with Crippen LogP contribution in [0.2, 0.25) is 0 Å². The molecule has 1 N–H and O–H groups in total. The van der Waals surface area contributed by atoms with E-state index in [1.54, 1.807) is 26.2 Å². The van der Waals surface area contributed by atoms with Crippen molar-refractivity contribution in [3.05, 3.63) is 53.1 Å². The molecule has 114 valence electrons. The number of hydrogen-bond donors (Lipinski definition) is 1. The minimum Gasteiger partial charge on any atom is -0.305 e. The van der Waals surface area contributed by atoms with Crippen LogP contribution >= 0.6 is 0 Å². The number of nitrogens with zero attached hydrogens (tertiary/aromatic N) is 2. The van der Waals surface area contributed by atoms with E-state index in [0.717, 1.165) is 18.2 Å². The molecule has 0 spiro atoms. The van der Waals surface area contributed by atoms with Gasteiger partial charge in [-0.25, -0.2) is 4.39 Å². The Morgan fingerprint density at radius 1 is 1.29 bits per heavy atom. The van der Waals surface area contributed by atoms with Gasteiger partial charge in [0.25, 0.3) is 0 Å². The first-order chi connectivity index (χ1) is 9.82. The molecule has 1 atom stereocenters. The maximum atomic E-state index is 14.0. The van der Waals surface area contributed by atoms with Crippen LogP contribution in [0.1, 0.15) is 29.8 Å². The minimum atomic E-state index is -4.51. The Morgan fingerprint density at radius 3 is 2.52 bits per heavy atom. The molecule has 0 amide bonds. The van der Waals surface area contributed by atoms with Crippen LogP contribution in [-0.2, 0) is 13.2 Å². The summed E-state index contributed by atoms with van der Waals surface area (Å²) >= 11 is 0. The molecule has 0 aliphatic rings. The Hall–Kier alpha value is -1.89. The topological polar surface area (TPSA) is 29.9 Å². The monoisotopic (exact) mass is 301 g/mol. The van der Waals surface area contributed by atoms with Crippen LogP contribution in [0.4, 0.5) is 17.6 Å². The maximum absolute atomic E-state index is 14.0. The number of hydrogen-bond acceptors (Lipinski definition) is 2. The zero-order valence-electron chi connectivity index (χ0n) is 11.6. The van der Waals surface area contributed by atoms with E-state index in [2.05, 4.69) is 10.4 Å². The summed E-state index contributed by atoms with van der Waals surface area (Å²) in [5.74, 6) is -0.695. The molecule has 0 saturated heterocycles. The summed E-state index contributed by atoms with van der Waals surface area (Å²) in [5.41, 5.74) is -0.472. The number of aryl methyl sites for hydroxylation is 1. The van der Waals surface area contributed by atoms with Gasteiger partial charge in [0, 0.05) is 18.8 Å². The first kappa shape index (κ1) is 15.5. The molecule has 2 rings (SSSR count). The van der Waals surface area contributed by atoms with Gasteiger partial charge in [-0.3, -0.25) is 4.68 Å². The minimum absolute atomic E-state index is 0.0645. The van der Waals surface area contributed by atoms with Gasteiger partial charge < -0.3 is 5.32 Å². The Balaban J connectivity index is 2.49. The molecule has 0 aliphatic heterocycles. The van der Waals surface area contributed by atoms with Gasteiger partial charge in [0.1, 0.15) is 5.82 Å². The third kappa shape index (κ3) is 3.41. The standard InChI is InChI=1S/C14H15F4N3/c1-3-19-13(12-6-7-21(2)20-12)10-8-9(14(16,17)18)4-5-11(10)15/h4-8,13,19H,3H2,1-2H3.